The number of nitrogens with two attached hydrogens (primary N) is 1. The van der Waals surface area contributed by atoms with Gasteiger partial charge in [-0.3, -0.25) is 0 Å². The second kappa shape index (κ2) is 7.67. The van der Waals surface area contributed by atoms with Gasteiger partial charge in [0, 0.05) is 12.6 Å². The second-order valence-electron chi connectivity index (χ2n) is 5.86. The van der Waals surface area contributed by atoms with E-state index >= 15 is 0 Å². The Kier molecular flexibility index (Phi) is 5.50. The normalized spacial score (nSPS) is 13.0. The minimum absolute atomic E-state index is 0.225. The molecule has 142 valence electrons. The molecule has 4 rings (SSSR count). The lowest BCUT2D eigenvalue weighted by molar-refractivity contribution is -0.0979. The van der Waals surface area contributed by atoms with Crippen molar-refractivity contribution in [3.05, 3.63) is 52.8 Å². The number of aromatic nitrogens is 2. The van der Waals surface area contributed by atoms with E-state index in [2.05, 4.69) is 4.98 Å². The number of nitrogens with zero attached hydrogens (tertiary/aromatic N) is 2. The number of hydrogen-bond acceptors (Lipinski definition) is 6. The molecule has 9 heteroatoms. The summed E-state index contributed by atoms with van der Waals surface area (Å²) in [7, 11) is -3.76. The first kappa shape index (κ1) is 19.3. The molecule has 27 heavy (non-hydrogen) atoms. The molecule has 0 radical (unpaired) electrons. The van der Waals surface area contributed by atoms with Gasteiger partial charge in [-0.15, -0.1) is 0 Å². The fourth-order valence-corrected chi connectivity index (χ4v) is 4.67. The van der Waals surface area contributed by atoms with E-state index in [1.165, 1.54) is 3.97 Å². The van der Waals surface area contributed by atoms with Gasteiger partial charge in [-0.25, -0.2) is 17.4 Å². The third kappa shape index (κ3) is 3.43. The molecular formula is C18H18ClN3O4S. The summed E-state index contributed by atoms with van der Waals surface area (Å²) in [6.45, 7) is 2.97. The van der Waals surface area contributed by atoms with Crippen molar-refractivity contribution in [3.63, 3.8) is 0 Å². The van der Waals surface area contributed by atoms with Crippen molar-refractivity contribution in [1.82, 2.24) is 8.96 Å². The smallest absolute Gasteiger partial charge is 0.268 e. The SMILES string of the molecule is C=O.NCCc1cn(S(=O)(=O)c2ccc3c(c2)CCO3)c2ccc(Cl)nc12. The Labute approximate surface area is 161 Å². The second-order valence-corrected chi connectivity index (χ2v) is 8.07. The van der Waals surface area contributed by atoms with E-state index in [1.807, 2.05) is 6.79 Å². The molecule has 0 saturated heterocycles. The van der Waals surface area contributed by atoms with Gasteiger partial charge in [0.2, 0.25) is 0 Å². The van der Waals surface area contributed by atoms with E-state index in [-0.39, 0.29) is 4.90 Å². The van der Waals surface area contributed by atoms with E-state index in [0.717, 1.165) is 16.9 Å². The largest absolute Gasteiger partial charge is 0.493 e. The lowest BCUT2D eigenvalue weighted by Crippen LogP contribution is -2.12. The highest BCUT2D eigenvalue weighted by atomic mass is 35.5. The molecule has 1 aliphatic heterocycles. The van der Waals surface area contributed by atoms with Crippen molar-refractivity contribution in [2.75, 3.05) is 13.2 Å². The molecule has 0 saturated carbocycles. The molecule has 0 spiro atoms. The lowest BCUT2D eigenvalue weighted by atomic mass is 10.2. The van der Waals surface area contributed by atoms with Crippen LogP contribution in [0.3, 0.4) is 0 Å². The van der Waals surface area contributed by atoms with E-state index in [0.29, 0.717) is 42.2 Å². The van der Waals surface area contributed by atoms with E-state index < -0.39 is 10.0 Å². The van der Waals surface area contributed by atoms with E-state index in [1.54, 1.807) is 36.5 Å². The fourth-order valence-electron chi connectivity index (χ4n) is 3.09. The van der Waals surface area contributed by atoms with Gasteiger partial charge in [0.15, 0.2) is 0 Å². The number of rotatable bonds is 4. The monoisotopic (exact) mass is 407 g/mol. The minimum atomic E-state index is -3.76. The molecule has 1 aromatic carbocycles. The predicted octanol–water partition coefficient (Wildman–Crippen LogP) is 2.18. The van der Waals surface area contributed by atoms with Gasteiger partial charge >= 0.3 is 0 Å². The quantitative estimate of drug-likeness (QED) is 0.664. The maximum Gasteiger partial charge on any atom is 0.268 e. The molecule has 2 N–H and O–H groups in total. The van der Waals surface area contributed by atoms with Crippen molar-refractivity contribution >= 4 is 39.4 Å². The molecule has 7 nitrogen and oxygen atoms in total. The van der Waals surface area contributed by atoms with Crippen molar-refractivity contribution in [1.29, 1.82) is 0 Å². The molecule has 3 aromatic rings. The van der Waals surface area contributed by atoms with Crippen LogP contribution >= 0.6 is 11.6 Å². The van der Waals surface area contributed by atoms with Crippen LogP contribution in [-0.4, -0.2) is 37.3 Å². The van der Waals surface area contributed by atoms with Crippen LogP contribution in [0.2, 0.25) is 5.15 Å². The molecule has 0 aliphatic carbocycles. The van der Waals surface area contributed by atoms with Crippen LogP contribution in [0.5, 0.6) is 5.75 Å². The van der Waals surface area contributed by atoms with E-state index in [9.17, 15) is 8.42 Å². The number of carbonyl (C=O) groups excluding carboxylic acids is 1. The fraction of sp³-hybridized carbons (Fsp3) is 0.222. The summed E-state index contributed by atoms with van der Waals surface area (Å²) in [5.41, 5.74) is 8.36. The Morgan fingerprint density at radius 1 is 1.26 bits per heavy atom. The summed E-state index contributed by atoms with van der Waals surface area (Å²) in [5.74, 6) is 0.744. The standard InChI is InChI=1S/C17H16ClN3O3S.CH2O/c18-16-4-2-14-17(20-16)12(5-7-19)10-21(14)25(22,23)13-1-3-15-11(9-13)6-8-24-15;1-2/h1-4,9-10H,5-8,19H2;1H2. The van der Waals surface area contributed by atoms with Crippen LogP contribution < -0.4 is 10.5 Å². The van der Waals surface area contributed by atoms with Gasteiger partial charge in [0.05, 0.1) is 22.5 Å². The van der Waals surface area contributed by atoms with Gasteiger partial charge < -0.3 is 15.3 Å². The molecule has 0 atom stereocenters. The molecule has 1 aliphatic rings. The first-order valence-electron chi connectivity index (χ1n) is 8.17. The van der Waals surface area contributed by atoms with E-state index in [4.69, 9.17) is 26.9 Å². The summed E-state index contributed by atoms with van der Waals surface area (Å²) in [6, 6.07) is 8.20. The molecule has 3 heterocycles. The first-order chi connectivity index (χ1) is 13.0. The Morgan fingerprint density at radius 3 is 2.78 bits per heavy atom. The Morgan fingerprint density at radius 2 is 2.04 bits per heavy atom. The van der Waals surface area contributed by atoms with Crippen molar-refractivity contribution < 1.29 is 17.9 Å². The Balaban J connectivity index is 0.00000102. The number of ether oxygens (including phenoxy) is 1. The van der Waals surface area contributed by atoms with Crippen LogP contribution in [0.1, 0.15) is 11.1 Å². The van der Waals surface area contributed by atoms with Gasteiger partial charge in [-0.05, 0) is 54.4 Å². The highest BCUT2D eigenvalue weighted by molar-refractivity contribution is 7.90. The van der Waals surface area contributed by atoms with Crippen LogP contribution in [0, 0.1) is 0 Å². The van der Waals surface area contributed by atoms with Crippen LogP contribution in [0.4, 0.5) is 0 Å². The van der Waals surface area contributed by atoms with Gasteiger partial charge in [-0.2, -0.15) is 0 Å². The van der Waals surface area contributed by atoms with Crippen LogP contribution in [0.15, 0.2) is 41.4 Å². The zero-order valence-corrected chi connectivity index (χ0v) is 16.0. The molecule has 0 bridgehead atoms. The lowest BCUT2D eigenvalue weighted by Gasteiger charge is -2.09. The predicted molar refractivity (Wildman–Crippen MR) is 103 cm³/mol. The van der Waals surface area contributed by atoms with Crippen molar-refractivity contribution in [2.45, 2.75) is 17.7 Å². The zero-order valence-electron chi connectivity index (χ0n) is 14.4. The van der Waals surface area contributed by atoms with Gasteiger partial charge in [0.25, 0.3) is 10.0 Å². The third-order valence-corrected chi connectivity index (χ3v) is 6.17. The van der Waals surface area contributed by atoms with Crippen LogP contribution in [-0.2, 0) is 27.7 Å². The molecular weight excluding hydrogens is 390 g/mol. The molecule has 0 fully saturated rings. The summed E-state index contributed by atoms with van der Waals surface area (Å²) in [4.78, 5) is 12.5. The third-order valence-electron chi connectivity index (χ3n) is 4.29. The number of hydrogen-bond donors (Lipinski definition) is 1. The number of pyridine rings is 1. The summed E-state index contributed by atoms with van der Waals surface area (Å²) >= 11 is 5.98. The summed E-state index contributed by atoms with van der Waals surface area (Å²) in [6.07, 6.45) is 2.81. The first-order valence-corrected chi connectivity index (χ1v) is 9.99. The number of benzene rings is 1. The number of halogens is 1. The highest BCUT2D eigenvalue weighted by Gasteiger charge is 2.24. The average molecular weight is 408 g/mol. The van der Waals surface area contributed by atoms with Gasteiger partial charge in [-0.1, -0.05) is 11.6 Å². The maximum absolute atomic E-state index is 13.2. The number of carbonyl (C=O) groups is 1. The van der Waals surface area contributed by atoms with Crippen molar-refractivity contribution in [3.8, 4) is 5.75 Å². The Hall–Kier alpha value is -2.42. The Bertz CT molecular complexity index is 1100. The topological polar surface area (TPSA) is 104 Å². The molecule has 0 unspecified atom stereocenters. The maximum atomic E-state index is 13.2. The summed E-state index contributed by atoms with van der Waals surface area (Å²) < 4.78 is 33.1. The van der Waals surface area contributed by atoms with Crippen molar-refractivity contribution in [2.24, 2.45) is 5.73 Å². The number of fused-ring (bicyclic) bond motifs is 2. The van der Waals surface area contributed by atoms with Crippen LogP contribution in [0.25, 0.3) is 11.0 Å². The summed E-state index contributed by atoms with van der Waals surface area (Å²) in [5, 5.41) is 0.315. The molecule has 2 aromatic heterocycles. The van der Waals surface area contributed by atoms with Gasteiger partial charge in [0.1, 0.15) is 17.7 Å². The highest BCUT2D eigenvalue weighted by Crippen LogP contribution is 2.31. The molecule has 0 amide bonds. The average Bonchev–Trinajstić information content (AvgIpc) is 3.28. The minimum Gasteiger partial charge on any atom is -0.493 e. The zero-order chi connectivity index (χ0) is 19.6.